The fraction of sp³-hybridized carbons (Fsp3) is 0.278. The molecule has 0 aliphatic carbocycles. The van der Waals surface area contributed by atoms with Crippen molar-refractivity contribution in [2.45, 2.75) is 20.8 Å². The van der Waals surface area contributed by atoms with Gasteiger partial charge in [-0.2, -0.15) is 0 Å². The van der Waals surface area contributed by atoms with E-state index in [0.29, 0.717) is 20.0 Å². The summed E-state index contributed by atoms with van der Waals surface area (Å²) < 4.78 is 0. The molecule has 0 radical (unpaired) electrons. The predicted octanol–water partition coefficient (Wildman–Crippen LogP) is 2.27. The molecule has 0 aliphatic heterocycles. The summed E-state index contributed by atoms with van der Waals surface area (Å²) in [6, 6.07) is 19.8. The van der Waals surface area contributed by atoms with E-state index in [-0.39, 0.29) is 20.3 Å². The van der Waals surface area contributed by atoms with Gasteiger partial charge in [-0.1, -0.05) is 74.5 Å². The maximum absolute atomic E-state index is 11.8. The third kappa shape index (κ3) is 8.89. The van der Waals surface area contributed by atoms with Crippen LogP contribution in [-0.4, -0.2) is 11.7 Å². The summed E-state index contributed by atoms with van der Waals surface area (Å²) in [6.45, 7) is 6.29. The van der Waals surface area contributed by atoms with E-state index < -0.39 is 0 Å². The van der Waals surface area contributed by atoms with Crippen LogP contribution in [0.4, 0.5) is 0 Å². The maximum Gasteiger partial charge on any atom is 1.00 e. The van der Waals surface area contributed by atoms with Crippen molar-refractivity contribution < 1.29 is 25.1 Å². The van der Waals surface area contributed by atoms with Crippen LogP contribution in [0, 0.1) is 12.8 Å². The summed E-state index contributed by atoms with van der Waals surface area (Å²) in [5.41, 5.74) is 2.29. The van der Waals surface area contributed by atoms with Crippen molar-refractivity contribution >= 4 is 14.1 Å². The zero-order valence-corrected chi connectivity index (χ0v) is 14.5. The molecule has 0 fully saturated rings. The fourth-order valence-corrected chi connectivity index (χ4v) is 2.67. The van der Waals surface area contributed by atoms with Gasteiger partial charge in [0.2, 0.25) is 0 Å². The van der Waals surface area contributed by atoms with Crippen molar-refractivity contribution in [3.05, 3.63) is 71.8 Å². The van der Waals surface area contributed by atoms with Crippen LogP contribution in [0.2, 0.25) is 0 Å². The molecular formula is C18H24LiOP. The zero-order valence-electron chi connectivity index (χ0n) is 14.5. The average Bonchev–Trinajstić information content (AvgIpc) is 2.48. The van der Waals surface area contributed by atoms with Crippen LogP contribution >= 0.6 is 8.58 Å². The molecule has 1 atom stereocenters. The van der Waals surface area contributed by atoms with Gasteiger partial charge in [-0.05, 0) is 33.1 Å². The van der Waals surface area contributed by atoms with Crippen LogP contribution in [0.5, 0.6) is 0 Å². The second-order valence-electron chi connectivity index (χ2n) is 5.07. The van der Waals surface area contributed by atoms with E-state index in [1.165, 1.54) is 0 Å². The summed E-state index contributed by atoms with van der Waals surface area (Å²) in [4.78, 5) is 11.8. The topological polar surface area (TPSA) is 17.1 Å². The molecule has 0 heterocycles. The third-order valence-electron chi connectivity index (χ3n) is 2.73. The summed E-state index contributed by atoms with van der Waals surface area (Å²) >= 11 is 0. The van der Waals surface area contributed by atoms with Crippen LogP contribution in [0.25, 0.3) is 0 Å². The average molecular weight is 294 g/mol. The molecule has 0 saturated carbocycles. The van der Waals surface area contributed by atoms with Crippen molar-refractivity contribution in [3.63, 3.8) is 0 Å². The quantitative estimate of drug-likeness (QED) is 0.624. The van der Waals surface area contributed by atoms with E-state index in [4.69, 9.17) is 0 Å². The Hall–Kier alpha value is -0.863. The summed E-state index contributed by atoms with van der Waals surface area (Å²) in [5, 5.41) is 0. The summed E-state index contributed by atoms with van der Waals surface area (Å²) in [7, 11) is 0.421. The van der Waals surface area contributed by atoms with Gasteiger partial charge >= 0.3 is 18.9 Å². The molecule has 0 aliphatic rings. The molecule has 0 saturated heterocycles. The van der Waals surface area contributed by atoms with Crippen LogP contribution in [0.15, 0.2) is 60.7 Å². The van der Waals surface area contributed by atoms with Gasteiger partial charge in [0.05, 0.1) is 0 Å². The first-order valence-corrected chi connectivity index (χ1v) is 8.16. The predicted molar refractivity (Wildman–Crippen MR) is 91.1 cm³/mol. The molecule has 21 heavy (non-hydrogen) atoms. The van der Waals surface area contributed by atoms with Gasteiger partial charge in [0.15, 0.2) is 5.52 Å². The molecule has 2 aromatic carbocycles. The number of carbonyl (C=O) groups excluding carboxylic acids is 1. The van der Waals surface area contributed by atoms with Crippen LogP contribution in [0.1, 0.15) is 31.2 Å². The Bertz CT molecular complexity index is 491. The Morgan fingerprint density at radius 1 is 1.00 bits per heavy atom. The number of aryl methyl sites for hydroxylation is 1. The normalized spacial score (nSPS) is 9.90. The minimum atomic E-state index is 0. The Kier molecular flexibility index (Phi) is 11.3. The van der Waals surface area contributed by atoms with E-state index in [2.05, 4.69) is 13.8 Å². The minimum absolute atomic E-state index is 0. The van der Waals surface area contributed by atoms with Gasteiger partial charge in [0.25, 0.3) is 0 Å². The Balaban J connectivity index is 0. The molecule has 0 amide bonds. The largest absolute Gasteiger partial charge is 1.00 e. The van der Waals surface area contributed by atoms with Crippen molar-refractivity contribution in [1.82, 2.24) is 0 Å². The summed E-state index contributed by atoms with van der Waals surface area (Å²) in [6.07, 6.45) is 1.01. The molecular weight excluding hydrogens is 270 g/mol. The number of hydrogen-bond acceptors (Lipinski definition) is 1. The second-order valence-corrected chi connectivity index (χ2v) is 6.29. The van der Waals surface area contributed by atoms with E-state index >= 15 is 0 Å². The first kappa shape index (κ1) is 20.1. The summed E-state index contributed by atoms with van der Waals surface area (Å²) in [5.74, 6) is 0.612. The Morgan fingerprint density at radius 2 is 1.48 bits per heavy atom. The maximum atomic E-state index is 11.8. The molecule has 0 spiro atoms. The van der Waals surface area contributed by atoms with Gasteiger partial charge < -0.3 is 1.43 Å². The van der Waals surface area contributed by atoms with E-state index in [1.54, 1.807) is 0 Å². The Labute approximate surface area is 144 Å². The molecule has 0 N–H and O–H groups in total. The monoisotopic (exact) mass is 294 g/mol. The smallest absolute Gasteiger partial charge is 1.00 e. The first-order valence-electron chi connectivity index (χ1n) is 6.95. The number of carbonyl (C=O) groups is 1. The molecule has 0 aromatic heterocycles. The van der Waals surface area contributed by atoms with Crippen LogP contribution in [0.3, 0.4) is 0 Å². The number of benzene rings is 2. The van der Waals surface area contributed by atoms with Crippen molar-refractivity contribution in [3.8, 4) is 0 Å². The minimum Gasteiger partial charge on any atom is -1.00 e. The van der Waals surface area contributed by atoms with Crippen molar-refractivity contribution in [1.29, 1.82) is 0 Å². The van der Waals surface area contributed by atoms with Gasteiger partial charge in [-0.3, -0.25) is 4.79 Å². The Morgan fingerprint density at radius 3 is 1.90 bits per heavy atom. The molecule has 108 valence electrons. The SMILES string of the molecule is Cc1ccccc1C(=O)PCC(C)C.[H-].[Li+].c1ccccc1. The first-order chi connectivity index (χ1) is 9.61. The fourth-order valence-electron chi connectivity index (χ4n) is 1.60. The van der Waals surface area contributed by atoms with Crippen molar-refractivity contribution in [2.24, 2.45) is 5.92 Å². The van der Waals surface area contributed by atoms with Crippen LogP contribution < -0.4 is 18.9 Å². The number of hydrogen-bond donors (Lipinski definition) is 0. The molecule has 0 bridgehead atoms. The van der Waals surface area contributed by atoms with Gasteiger partial charge in [-0.15, -0.1) is 0 Å². The molecule has 1 nitrogen and oxygen atoms in total. The number of rotatable bonds is 4. The molecule has 2 aromatic rings. The third-order valence-corrected chi connectivity index (χ3v) is 4.34. The van der Waals surface area contributed by atoms with Gasteiger partial charge in [-0.25, -0.2) is 0 Å². The molecule has 3 heteroatoms. The molecule has 2 rings (SSSR count). The standard InChI is InChI=1S/C12H17OP.C6H6.Li.H/c1-9(2)8-14-12(13)11-7-5-4-6-10(11)3;1-2-4-6-5-3-1;;/h4-7,9,14H,8H2,1-3H3;1-6H;;/q;;+1;-1. The van der Waals surface area contributed by atoms with E-state index in [9.17, 15) is 4.79 Å². The van der Waals surface area contributed by atoms with E-state index in [1.807, 2.05) is 67.6 Å². The van der Waals surface area contributed by atoms with Gasteiger partial charge in [0, 0.05) is 5.56 Å². The van der Waals surface area contributed by atoms with Crippen molar-refractivity contribution in [2.75, 3.05) is 6.16 Å². The van der Waals surface area contributed by atoms with E-state index in [0.717, 1.165) is 17.3 Å². The van der Waals surface area contributed by atoms with Crippen LogP contribution in [-0.2, 0) is 0 Å². The van der Waals surface area contributed by atoms with Gasteiger partial charge in [0.1, 0.15) is 0 Å². The molecule has 1 unspecified atom stereocenters. The zero-order chi connectivity index (χ0) is 14.8. The second kappa shape index (κ2) is 11.8.